The first-order valence-electron chi connectivity index (χ1n) is 12.4. The highest BCUT2D eigenvalue weighted by Gasteiger charge is 2.23. The lowest BCUT2D eigenvalue weighted by Crippen LogP contribution is -2.35. The topological polar surface area (TPSA) is 82.6 Å². The van der Waals surface area contributed by atoms with Crippen molar-refractivity contribution >= 4 is 32.5 Å². The van der Waals surface area contributed by atoms with Crippen molar-refractivity contribution < 1.29 is 13.2 Å². The molecule has 0 atom stereocenters. The van der Waals surface area contributed by atoms with Crippen molar-refractivity contribution in [3.05, 3.63) is 102 Å². The number of nitrogens with one attached hydrogen (secondary N) is 1. The fourth-order valence-corrected chi connectivity index (χ4v) is 6.07. The quantitative estimate of drug-likeness (QED) is 0.404. The molecule has 190 valence electrons. The van der Waals surface area contributed by atoms with Gasteiger partial charge in [0.05, 0.1) is 11.2 Å². The van der Waals surface area contributed by atoms with Crippen molar-refractivity contribution in [3.8, 4) is 0 Å². The van der Waals surface area contributed by atoms with Crippen LogP contribution < -0.4 is 4.72 Å². The van der Waals surface area contributed by atoms with Crippen molar-refractivity contribution in [1.29, 1.82) is 0 Å². The molecule has 37 heavy (non-hydrogen) atoms. The van der Waals surface area contributed by atoms with Crippen LogP contribution in [0.3, 0.4) is 0 Å². The Balaban J connectivity index is 1.28. The molecule has 0 saturated carbocycles. The molecule has 0 unspecified atom stereocenters. The largest absolute Gasteiger partial charge is 0.337 e. The van der Waals surface area contributed by atoms with Crippen molar-refractivity contribution in [2.45, 2.75) is 24.8 Å². The van der Waals surface area contributed by atoms with Gasteiger partial charge in [0.1, 0.15) is 4.90 Å². The summed E-state index contributed by atoms with van der Waals surface area (Å²) >= 11 is 0. The number of benzene rings is 3. The number of rotatable bonds is 6. The van der Waals surface area contributed by atoms with Gasteiger partial charge in [-0.05, 0) is 54.8 Å². The third kappa shape index (κ3) is 5.65. The molecule has 8 heteroatoms. The summed E-state index contributed by atoms with van der Waals surface area (Å²) in [7, 11) is -3.87. The van der Waals surface area contributed by atoms with Gasteiger partial charge in [-0.1, -0.05) is 48.5 Å². The number of carbonyl (C=O) groups is 1. The Kier molecular flexibility index (Phi) is 7.21. The van der Waals surface area contributed by atoms with Gasteiger partial charge in [-0.2, -0.15) is 0 Å². The second-order valence-corrected chi connectivity index (χ2v) is 11.0. The maximum Gasteiger partial charge on any atom is 0.264 e. The van der Waals surface area contributed by atoms with E-state index in [4.69, 9.17) is 0 Å². The summed E-state index contributed by atoms with van der Waals surface area (Å²) in [4.78, 5) is 22.0. The van der Waals surface area contributed by atoms with Crippen LogP contribution in [0.4, 0.5) is 5.69 Å². The van der Waals surface area contributed by atoms with Crippen LogP contribution in [-0.4, -0.2) is 55.3 Å². The Labute approximate surface area is 217 Å². The number of hydrogen-bond acceptors (Lipinski definition) is 5. The van der Waals surface area contributed by atoms with Crippen molar-refractivity contribution in [3.63, 3.8) is 0 Å². The summed E-state index contributed by atoms with van der Waals surface area (Å²) in [6.45, 7) is 5.81. The molecule has 1 saturated heterocycles. The molecule has 0 bridgehead atoms. The summed E-state index contributed by atoms with van der Waals surface area (Å²) in [5.74, 6) is -0.0303. The molecule has 2 heterocycles. The average molecular weight is 515 g/mol. The molecule has 1 amide bonds. The van der Waals surface area contributed by atoms with Crippen LogP contribution in [0.5, 0.6) is 0 Å². The number of aryl methyl sites for hydroxylation is 1. The normalized spacial score (nSPS) is 14.9. The van der Waals surface area contributed by atoms with E-state index in [1.165, 1.54) is 5.56 Å². The van der Waals surface area contributed by atoms with Gasteiger partial charge in [0, 0.05) is 49.9 Å². The van der Waals surface area contributed by atoms with E-state index in [0.717, 1.165) is 31.4 Å². The maximum absolute atomic E-state index is 13.3. The lowest BCUT2D eigenvalue weighted by molar-refractivity contribution is 0.0761. The molecule has 1 aromatic heterocycles. The van der Waals surface area contributed by atoms with Gasteiger partial charge in [0.15, 0.2) is 0 Å². The van der Waals surface area contributed by atoms with Gasteiger partial charge in [-0.3, -0.25) is 19.4 Å². The SMILES string of the molecule is Cc1cc(C(=O)N2CCCN(Cc3ccccc3)CC2)ccc1NS(=O)(=O)c1cccc2cccnc12. The third-order valence-electron chi connectivity index (χ3n) is 6.73. The average Bonchev–Trinajstić information content (AvgIpc) is 3.15. The molecule has 4 aromatic rings. The van der Waals surface area contributed by atoms with Crippen LogP contribution in [0.2, 0.25) is 0 Å². The molecule has 5 rings (SSSR count). The maximum atomic E-state index is 13.3. The van der Waals surface area contributed by atoms with Crippen LogP contribution in [0.25, 0.3) is 10.9 Å². The molecule has 0 spiro atoms. The fraction of sp³-hybridized carbons (Fsp3) is 0.241. The predicted octanol–water partition coefficient (Wildman–Crippen LogP) is 4.69. The number of aromatic nitrogens is 1. The first kappa shape index (κ1) is 24.9. The van der Waals surface area contributed by atoms with E-state index in [0.29, 0.717) is 35.4 Å². The molecular weight excluding hydrogens is 484 g/mol. The number of sulfonamides is 1. The predicted molar refractivity (Wildman–Crippen MR) is 146 cm³/mol. The number of fused-ring (bicyclic) bond motifs is 1. The second-order valence-electron chi connectivity index (χ2n) is 9.37. The number of hydrogen-bond donors (Lipinski definition) is 1. The zero-order valence-electron chi connectivity index (χ0n) is 20.8. The first-order valence-corrected chi connectivity index (χ1v) is 13.9. The first-order chi connectivity index (χ1) is 17.9. The number of nitrogens with zero attached hydrogens (tertiary/aromatic N) is 3. The third-order valence-corrected chi connectivity index (χ3v) is 8.12. The van der Waals surface area contributed by atoms with Crippen LogP contribution in [0.1, 0.15) is 27.9 Å². The standard InChI is InChI=1S/C29H30N4O3S/c1-22-20-25(29(34)33-17-7-16-32(18-19-33)21-23-8-3-2-4-9-23)13-14-26(22)31-37(35,36)27-12-5-10-24-11-6-15-30-28(24)27/h2-6,8-15,20,31H,7,16-19,21H2,1H3. The minimum Gasteiger partial charge on any atom is -0.337 e. The molecule has 7 nitrogen and oxygen atoms in total. The van der Waals surface area contributed by atoms with E-state index in [1.807, 2.05) is 35.2 Å². The van der Waals surface area contributed by atoms with Gasteiger partial charge in [-0.25, -0.2) is 8.42 Å². The van der Waals surface area contributed by atoms with Crippen molar-refractivity contribution in [2.75, 3.05) is 30.9 Å². The van der Waals surface area contributed by atoms with Gasteiger partial charge in [-0.15, -0.1) is 0 Å². The van der Waals surface area contributed by atoms with Gasteiger partial charge < -0.3 is 4.90 Å². The van der Waals surface area contributed by atoms with Crippen LogP contribution in [0.15, 0.2) is 90.0 Å². The number of amides is 1. The Hall–Kier alpha value is -3.75. The highest BCUT2D eigenvalue weighted by molar-refractivity contribution is 7.93. The molecule has 1 aliphatic heterocycles. The monoisotopic (exact) mass is 514 g/mol. The summed E-state index contributed by atoms with van der Waals surface area (Å²) in [5, 5.41) is 0.753. The zero-order valence-corrected chi connectivity index (χ0v) is 21.6. The number of anilines is 1. The zero-order chi connectivity index (χ0) is 25.8. The van der Waals surface area contributed by atoms with Crippen molar-refractivity contribution in [2.24, 2.45) is 0 Å². The number of carbonyl (C=O) groups excluding carboxylic acids is 1. The molecule has 3 aromatic carbocycles. The number of para-hydroxylation sites is 1. The van der Waals surface area contributed by atoms with Gasteiger partial charge in [0.2, 0.25) is 0 Å². The van der Waals surface area contributed by atoms with Crippen LogP contribution >= 0.6 is 0 Å². The lowest BCUT2D eigenvalue weighted by Gasteiger charge is -2.22. The lowest BCUT2D eigenvalue weighted by atomic mass is 10.1. The Bertz CT molecular complexity index is 1520. The fourth-order valence-electron chi connectivity index (χ4n) is 4.76. The van der Waals surface area contributed by atoms with E-state index in [9.17, 15) is 13.2 Å². The highest BCUT2D eigenvalue weighted by Crippen LogP contribution is 2.26. The van der Waals surface area contributed by atoms with E-state index >= 15 is 0 Å². The summed E-state index contributed by atoms with van der Waals surface area (Å²) in [5.41, 5.74) is 3.38. The molecule has 1 fully saturated rings. The van der Waals surface area contributed by atoms with Crippen LogP contribution in [0, 0.1) is 6.92 Å². The summed E-state index contributed by atoms with van der Waals surface area (Å²) in [6, 6.07) is 24.2. The molecule has 0 radical (unpaired) electrons. The summed E-state index contributed by atoms with van der Waals surface area (Å²) in [6.07, 6.45) is 2.49. The Morgan fingerprint density at radius 1 is 0.919 bits per heavy atom. The van der Waals surface area contributed by atoms with Crippen molar-refractivity contribution in [1.82, 2.24) is 14.8 Å². The van der Waals surface area contributed by atoms with E-state index in [2.05, 4.69) is 26.7 Å². The smallest absolute Gasteiger partial charge is 0.264 e. The molecule has 1 N–H and O–H groups in total. The Morgan fingerprint density at radius 3 is 2.54 bits per heavy atom. The highest BCUT2D eigenvalue weighted by atomic mass is 32.2. The summed E-state index contributed by atoms with van der Waals surface area (Å²) < 4.78 is 29.1. The van der Waals surface area contributed by atoms with Gasteiger partial charge >= 0.3 is 0 Å². The minimum absolute atomic E-state index is 0.0303. The van der Waals surface area contributed by atoms with Gasteiger partial charge in [0.25, 0.3) is 15.9 Å². The molecule has 1 aliphatic rings. The van der Waals surface area contributed by atoms with Crippen LogP contribution in [-0.2, 0) is 16.6 Å². The molecular formula is C29H30N4O3S. The minimum atomic E-state index is -3.87. The van der Waals surface area contributed by atoms with E-state index in [1.54, 1.807) is 49.5 Å². The van der Waals surface area contributed by atoms with E-state index < -0.39 is 10.0 Å². The Morgan fingerprint density at radius 2 is 1.73 bits per heavy atom. The second kappa shape index (κ2) is 10.7. The van der Waals surface area contributed by atoms with E-state index in [-0.39, 0.29) is 10.8 Å². The molecule has 0 aliphatic carbocycles. The number of pyridine rings is 1.